The Bertz CT molecular complexity index is 1440. The number of carbonyl (C=O) groups is 2. The lowest BCUT2D eigenvalue weighted by molar-refractivity contribution is -0.115. The Morgan fingerprint density at radius 3 is 2.67 bits per heavy atom. The molecule has 2 fully saturated rings. The molecular formula is C28H31N7O4S. The van der Waals surface area contributed by atoms with E-state index in [-0.39, 0.29) is 5.24 Å². The van der Waals surface area contributed by atoms with Crippen LogP contribution < -0.4 is 30.7 Å². The van der Waals surface area contributed by atoms with E-state index in [0.717, 1.165) is 61.1 Å². The smallest absolute Gasteiger partial charge is 0.290 e. The van der Waals surface area contributed by atoms with Crippen LogP contribution >= 0.6 is 11.8 Å². The Morgan fingerprint density at radius 2 is 1.95 bits per heavy atom. The van der Waals surface area contributed by atoms with Gasteiger partial charge in [-0.15, -0.1) is 0 Å². The third kappa shape index (κ3) is 6.35. The van der Waals surface area contributed by atoms with Gasteiger partial charge >= 0.3 is 0 Å². The first-order valence-electron chi connectivity index (χ1n) is 12.9. The number of ether oxygens (including phenoxy) is 2. The molecule has 2 aliphatic rings. The number of thioether (sulfide) groups is 1. The highest BCUT2D eigenvalue weighted by atomic mass is 32.2. The third-order valence-corrected chi connectivity index (χ3v) is 7.71. The number of imide groups is 1. The van der Waals surface area contributed by atoms with Gasteiger partial charge in [0.05, 0.1) is 30.5 Å². The number of nitrogens with one attached hydrogen (secondary N) is 2. The third-order valence-electron chi connectivity index (χ3n) is 6.90. The Hall–Kier alpha value is -4.16. The van der Waals surface area contributed by atoms with Crippen molar-refractivity contribution in [3.05, 3.63) is 58.8 Å². The summed E-state index contributed by atoms with van der Waals surface area (Å²) in [5.41, 5.74) is 9.31. The van der Waals surface area contributed by atoms with E-state index in [4.69, 9.17) is 15.2 Å². The summed E-state index contributed by atoms with van der Waals surface area (Å²) in [6, 6.07) is 11.2. The summed E-state index contributed by atoms with van der Waals surface area (Å²) in [6.07, 6.45) is 5.29. The molecule has 12 heteroatoms. The normalized spacial score (nSPS) is 16.9. The molecule has 4 N–H and O–H groups in total. The molecule has 4 heterocycles. The molecule has 208 valence electrons. The first kappa shape index (κ1) is 27.4. The zero-order chi connectivity index (χ0) is 28.1. The molecule has 0 spiro atoms. The van der Waals surface area contributed by atoms with Crippen LogP contribution in [0.25, 0.3) is 17.3 Å². The number of nitrogens with two attached hydrogens (primary N) is 1. The Kier molecular flexibility index (Phi) is 8.46. The summed E-state index contributed by atoms with van der Waals surface area (Å²) < 4.78 is 10.9. The van der Waals surface area contributed by atoms with Crippen molar-refractivity contribution in [3.63, 3.8) is 0 Å². The van der Waals surface area contributed by atoms with Crippen LogP contribution in [0.1, 0.15) is 24.1 Å². The van der Waals surface area contributed by atoms with Crippen LogP contribution in [0.15, 0.2) is 47.5 Å². The number of nitrogens with zero attached hydrogens (tertiary/aromatic N) is 4. The number of hydrogen-bond acceptors (Lipinski definition) is 11. The van der Waals surface area contributed by atoms with Crippen molar-refractivity contribution in [1.82, 2.24) is 25.6 Å². The number of anilines is 2. The molecule has 0 unspecified atom stereocenters. The second-order valence-electron chi connectivity index (χ2n) is 9.51. The number of nitrogen functional groups attached to an aromatic ring is 1. The maximum absolute atomic E-state index is 11.8. The molecule has 3 aromatic rings. The number of benzene rings is 1. The van der Waals surface area contributed by atoms with Gasteiger partial charge in [0.1, 0.15) is 17.3 Å². The first-order valence-corrected chi connectivity index (χ1v) is 13.8. The monoisotopic (exact) mass is 561 g/mol. The molecule has 5 rings (SSSR count). The molecule has 1 aromatic carbocycles. The second kappa shape index (κ2) is 12.3. The molecule has 0 radical (unpaired) electrons. The van der Waals surface area contributed by atoms with Gasteiger partial charge < -0.3 is 25.4 Å². The van der Waals surface area contributed by atoms with Gasteiger partial charge in [-0.1, -0.05) is 6.07 Å². The zero-order valence-electron chi connectivity index (χ0n) is 22.3. The van der Waals surface area contributed by atoms with E-state index in [0.29, 0.717) is 46.3 Å². The standard InChI is InChI=1S/C28H31N7O4S/c1-38-20-4-5-21(22(14-20)39-2)25-18(3-6-24(29)33-25)16-30-15-17-8-11-35(12-9-17)27-31-10-7-19(32-27)13-23-26(36)34-28(37)40-23/h3-7,10,13-14,17,30H,8-9,11-12,15-16H2,1-2H3,(H2,29,33)(H,34,36,37)/b23-13+. The van der Waals surface area contributed by atoms with E-state index in [1.807, 2.05) is 30.3 Å². The summed E-state index contributed by atoms with van der Waals surface area (Å²) in [6.45, 7) is 3.17. The lowest BCUT2D eigenvalue weighted by Gasteiger charge is -2.32. The van der Waals surface area contributed by atoms with E-state index in [1.54, 1.807) is 32.6 Å². The van der Waals surface area contributed by atoms with Gasteiger partial charge in [-0.2, -0.15) is 0 Å². The summed E-state index contributed by atoms with van der Waals surface area (Å²) in [4.78, 5) is 39.4. The van der Waals surface area contributed by atoms with Crippen LogP contribution in [0.3, 0.4) is 0 Å². The Labute approximate surface area is 236 Å². The fraction of sp³-hybridized carbons (Fsp3) is 0.321. The molecule has 2 aliphatic heterocycles. The number of aromatic nitrogens is 3. The molecule has 40 heavy (non-hydrogen) atoms. The van der Waals surface area contributed by atoms with Crippen LogP contribution in [0, 0.1) is 5.92 Å². The predicted molar refractivity (Wildman–Crippen MR) is 155 cm³/mol. The number of piperidine rings is 1. The van der Waals surface area contributed by atoms with Crippen LogP contribution in [0.5, 0.6) is 11.5 Å². The van der Waals surface area contributed by atoms with Gasteiger partial charge in [-0.05, 0) is 73.0 Å². The van der Waals surface area contributed by atoms with Crippen LogP contribution in [-0.2, 0) is 11.3 Å². The van der Waals surface area contributed by atoms with Gasteiger partial charge in [0.25, 0.3) is 11.1 Å². The minimum Gasteiger partial charge on any atom is -0.497 e. The van der Waals surface area contributed by atoms with E-state index in [9.17, 15) is 9.59 Å². The van der Waals surface area contributed by atoms with Gasteiger partial charge in [0.15, 0.2) is 0 Å². The van der Waals surface area contributed by atoms with Crippen molar-refractivity contribution < 1.29 is 19.1 Å². The predicted octanol–water partition coefficient (Wildman–Crippen LogP) is 3.47. The SMILES string of the molecule is COc1ccc(-c2nc(N)ccc2CNCC2CCN(c3nccc(/C=C4/SC(=O)NC4=O)n3)CC2)c(OC)c1. The minimum absolute atomic E-state index is 0.337. The Morgan fingerprint density at radius 1 is 1.12 bits per heavy atom. The number of carbonyl (C=O) groups excluding carboxylic acids is 2. The van der Waals surface area contributed by atoms with Crippen LogP contribution in [0.2, 0.25) is 0 Å². The van der Waals surface area contributed by atoms with Crippen molar-refractivity contribution in [2.75, 3.05) is 44.5 Å². The highest BCUT2D eigenvalue weighted by Gasteiger charge is 2.26. The van der Waals surface area contributed by atoms with Crippen LogP contribution in [-0.4, -0.2) is 60.0 Å². The quantitative estimate of drug-likeness (QED) is 0.330. The molecule has 11 nitrogen and oxygen atoms in total. The van der Waals surface area contributed by atoms with E-state index >= 15 is 0 Å². The zero-order valence-corrected chi connectivity index (χ0v) is 23.2. The van der Waals surface area contributed by atoms with Gasteiger partial charge in [-0.25, -0.2) is 15.0 Å². The van der Waals surface area contributed by atoms with Crippen molar-refractivity contribution in [1.29, 1.82) is 0 Å². The summed E-state index contributed by atoms with van der Waals surface area (Å²) in [5.74, 6) is 2.57. The van der Waals surface area contributed by atoms with Gasteiger partial charge in [0.2, 0.25) is 5.95 Å². The molecular weight excluding hydrogens is 530 g/mol. The number of rotatable bonds is 9. The largest absolute Gasteiger partial charge is 0.497 e. The summed E-state index contributed by atoms with van der Waals surface area (Å²) in [7, 11) is 3.25. The average Bonchev–Trinajstić information content (AvgIpc) is 3.29. The molecule has 2 saturated heterocycles. The molecule has 0 atom stereocenters. The number of amides is 2. The lowest BCUT2D eigenvalue weighted by Crippen LogP contribution is -2.38. The molecule has 0 aliphatic carbocycles. The highest BCUT2D eigenvalue weighted by molar-refractivity contribution is 8.18. The van der Waals surface area contributed by atoms with Gasteiger partial charge in [-0.3, -0.25) is 14.9 Å². The lowest BCUT2D eigenvalue weighted by atomic mass is 9.96. The number of pyridine rings is 1. The Balaban J connectivity index is 1.18. The van der Waals surface area contributed by atoms with Crippen molar-refractivity contribution >= 4 is 40.8 Å². The topological polar surface area (TPSA) is 145 Å². The summed E-state index contributed by atoms with van der Waals surface area (Å²) >= 11 is 0.879. The number of methoxy groups -OCH3 is 2. The second-order valence-corrected chi connectivity index (χ2v) is 10.5. The maximum atomic E-state index is 11.8. The van der Waals surface area contributed by atoms with Gasteiger partial charge in [0, 0.05) is 37.5 Å². The summed E-state index contributed by atoms with van der Waals surface area (Å²) in [5, 5.41) is 5.49. The van der Waals surface area contributed by atoms with Crippen molar-refractivity contribution in [2.24, 2.45) is 5.92 Å². The average molecular weight is 562 g/mol. The van der Waals surface area contributed by atoms with Crippen LogP contribution in [0.4, 0.5) is 16.6 Å². The molecule has 0 bridgehead atoms. The first-order chi connectivity index (χ1) is 19.4. The molecule has 0 saturated carbocycles. The van der Waals surface area contributed by atoms with Crippen molar-refractivity contribution in [2.45, 2.75) is 19.4 Å². The maximum Gasteiger partial charge on any atom is 0.290 e. The molecule has 2 aromatic heterocycles. The van der Waals surface area contributed by atoms with E-state index in [2.05, 4.69) is 30.5 Å². The fourth-order valence-corrected chi connectivity index (χ4v) is 5.44. The van der Waals surface area contributed by atoms with E-state index < -0.39 is 5.91 Å². The highest BCUT2D eigenvalue weighted by Crippen LogP contribution is 2.34. The molecule has 2 amide bonds. The minimum atomic E-state index is -0.395. The fourth-order valence-electron chi connectivity index (χ4n) is 4.77. The van der Waals surface area contributed by atoms with Crippen molar-refractivity contribution in [3.8, 4) is 22.8 Å². The number of hydrogen-bond donors (Lipinski definition) is 3. The van der Waals surface area contributed by atoms with E-state index in [1.165, 1.54) is 0 Å².